The fourth-order valence-corrected chi connectivity index (χ4v) is 11.8. The number of thiazole rings is 1. The number of hydrogen-bond donors (Lipinski definition) is 3. The van der Waals surface area contributed by atoms with E-state index >= 15 is 0 Å². The minimum atomic E-state index is -4.10. The zero-order chi connectivity index (χ0) is 39.6. The Kier molecular flexibility index (Phi) is 9.51. The summed E-state index contributed by atoms with van der Waals surface area (Å²) >= 11 is 1.52. The highest BCUT2D eigenvalue weighted by Crippen LogP contribution is 2.60. The van der Waals surface area contributed by atoms with Gasteiger partial charge in [0.05, 0.1) is 28.1 Å². The number of carboxylic acid groups (broad SMARTS) is 1. The van der Waals surface area contributed by atoms with E-state index in [9.17, 15) is 23.1 Å². The molecule has 5 aliphatic rings. The van der Waals surface area contributed by atoms with Gasteiger partial charge in [-0.25, -0.2) is 23.1 Å². The molecule has 1 saturated heterocycles. The van der Waals surface area contributed by atoms with E-state index in [-0.39, 0.29) is 36.5 Å². The highest BCUT2D eigenvalue weighted by Gasteiger charge is 2.51. The summed E-state index contributed by atoms with van der Waals surface area (Å²) in [5.41, 5.74) is 3.96. The smallest absolute Gasteiger partial charge is 0.309 e. The number of nitrogens with one attached hydrogen (secondary N) is 2. The van der Waals surface area contributed by atoms with Gasteiger partial charge in [-0.05, 0) is 111 Å². The minimum Gasteiger partial charge on any atom is -0.481 e. The second-order valence-electron chi connectivity index (χ2n) is 16.7. The van der Waals surface area contributed by atoms with E-state index in [4.69, 9.17) is 10.1 Å². The second-order valence-corrected chi connectivity index (χ2v) is 19.6. The first kappa shape index (κ1) is 37.6. The van der Waals surface area contributed by atoms with Gasteiger partial charge in [0.1, 0.15) is 11.5 Å². The third kappa shape index (κ3) is 7.47. The van der Waals surface area contributed by atoms with Crippen LogP contribution in [0.3, 0.4) is 0 Å². The van der Waals surface area contributed by atoms with Crippen LogP contribution in [-0.4, -0.2) is 92.7 Å². The number of carbonyl (C=O) groups is 2. The molecule has 1 amide bonds. The van der Waals surface area contributed by atoms with Crippen molar-refractivity contribution in [3.63, 3.8) is 0 Å². The lowest BCUT2D eigenvalue weighted by atomic mass is 9.49. The third-order valence-electron chi connectivity index (χ3n) is 12.5. The molecule has 4 aliphatic carbocycles. The average Bonchev–Trinajstić information content (AvgIpc) is 3.72. The summed E-state index contributed by atoms with van der Waals surface area (Å²) in [5, 5.41) is 26.9. The van der Waals surface area contributed by atoms with Crippen molar-refractivity contribution in [2.24, 2.45) is 29.1 Å². The van der Waals surface area contributed by atoms with E-state index in [1.165, 1.54) is 49.9 Å². The normalized spacial score (nSPS) is 23.1. The molecule has 15 nitrogen and oxygen atoms in total. The van der Waals surface area contributed by atoms with Crippen LogP contribution in [0.4, 0.5) is 22.6 Å². The maximum atomic E-state index is 14.1. The Bertz CT molecular complexity index is 2430. The zero-order valence-electron chi connectivity index (χ0n) is 32.2. The quantitative estimate of drug-likeness (QED) is 0.130. The number of likely N-dealkylation sites (tertiary alicyclic amines) is 1. The summed E-state index contributed by atoms with van der Waals surface area (Å²) in [6.45, 7) is 5.38. The lowest BCUT2D eigenvalue weighted by Gasteiger charge is -2.56. The Morgan fingerprint density at radius 3 is 2.37 bits per heavy atom. The molecular formula is C40H46N10O5S2. The van der Waals surface area contributed by atoms with Gasteiger partial charge in [0.15, 0.2) is 16.8 Å². The molecule has 4 saturated carbocycles. The number of carboxylic acids is 1. The Morgan fingerprint density at radius 1 is 0.965 bits per heavy atom. The number of nitrogens with zero attached hydrogens (tertiary/aromatic N) is 8. The topological polar surface area (TPSA) is 188 Å². The van der Waals surface area contributed by atoms with E-state index in [0.29, 0.717) is 33.7 Å². The average molecular weight is 811 g/mol. The lowest BCUT2D eigenvalue weighted by Crippen LogP contribution is -2.52. The molecule has 1 aliphatic heterocycles. The molecule has 5 heterocycles. The predicted octanol–water partition coefficient (Wildman–Crippen LogP) is 5.77. The molecule has 0 atom stereocenters. The van der Waals surface area contributed by atoms with Gasteiger partial charge in [0.25, 0.3) is 5.91 Å². The van der Waals surface area contributed by atoms with Crippen LogP contribution < -0.4 is 14.9 Å². The van der Waals surface area contributed by atoms with Gasteiger partial charge in [-0.2, -0.15) is 5.10 Å². The number of aryl methyl sites for hydroxylation is 1. The largest absolute Gasteiger partial charge is 0.481 e. The van der Waals surface area contributed by atoms with Gasteiger partial charge < -0.3 is 20.2 Å². The van der Waals surface area contributed by atoms with Crippen LogP contribution in [0.15, 0.2) is 48.7 Å². The number of aliphatic carboxylic acids is 1. The van der Waals surface area contributed by atoms with E-state index in [2.05, 4.69) is 29.9 Å². The maximum Gasteiger partial charge on any atom is 0.309 e. The van der Waals surface area contributed by atoms with Crippen molar-refractivity contribution < 1.29 is 23.1 Å². The molecule has 3 N–H and O–H groups in total. The monoisotopic (exact) mass is 810 g/mol. The highest BCUT2D eigenvalue weighted by atomic mass is 32.2. The van der Waals surface area contributed by atoms with Gasteiger partial charge in [0.2, 0.25) is 10.0 Å². The van der Waals surface area contributed by atoms with E-state index in [1.807, 2.05) is 44.2 Å². The number of hydrogen-bond acceptors (Lipinski definition) is 13. The molecule has 4 bridgehead atoms. The SMILES string of the molecule is Cc1cc(N(C)c2ccc(-c3cnn(CC45CC6CC(CC(C6)C4)C5)c3C)c(C(=O)NS(=O)(=O)CCN3CC(C(=O)O)C3)n2)nnc1Nc1nc2ccccc2s1. The van der Waals surface area contributed by atoms with Gasteiger partial charge in [-0.3, -0.25) is 14.3 Å². The molecule has 4 aromatic heterocycles. The van der Waals surface area contributed by atoms with Crippen molar-refractivity contribution in [1.29, 1.82) is 0 Å². The number of fused-ring (bicyclic) bond motifs is 1. The van der Waals surface area contributed by atoms with Crippen molar-refractivity contribution in [1.82, 2.24) is 39.6 Å². The highest BCUT2D eigenvalue weighted by molar-refractivity contribution is 7.90. The number of carbonyl (C=O) groups excluding carboxylic acids is 1. The predicted molar refractivity (Wildman–Crippen MR) is 217 cm³/mol. The molecule has 1 aromatic carbocycles. The second kappa shape index (κ2) is 14.4. The van der Waals surface area contributed by atoms with Crippen molar-refractivity contribution in [2.45, 2.75) is 58.9 Å². The summed E-state index contributed by atoms with van der Waals surface area (Å²) in [6.07, 6.45) is 9.53. The molecule has 10 rings (SSSR count). The first-order valence-corrected chi connectivity index (χ1v) is 22.0. The molecule has 298 valence electrons. The summed E-state index contributed by atoms with van der Waals surface area (Å²) in [6, 6.07) is 13.3. The summed E-state index contributed by atoms with van der Waals surface area (Å²) in [7, 11) is -2.34. The molecule has 5 aromatic rings. The van der Waals surface area contributed by atoms with Crippen LogP contribution in [-0.2, 0) is 21.4 Å². The number of aromatic nitrogens is 6. The summed E-state index contributed by atoms with van der Waals surface area (Å²) in [4.78, 5) is 38.1. The Balaban J connectivity index is 0.985. The van der Waals surface area contributed by atoms with Crippen LogP contribution in [0.25, 0.3) is 21.3 Å². The van der Waals surface area contributed by atoms with Gasteiger partial charge in [0, 0.05) is 50.0 Å². The minimum absolute atomic E-state index is 0.0610. The molecule has 57 heavy (non-hydrogen) atoms. The molecule has 0 unspecified atom stereocenters. The summed E-state index contributed by atoms with van der Waals surface area (Å²) in [5.74, 6) is 1.15. The number of para-hydroxylation sites is 1. The Hall–Kier alpha value is -5.00. The molecule has 0 spiro atoms. The number of pyridine rings is 1. The van der Waals surface area contributed by atoms with Crippen LogP contribution in [0, 0.1) is 42.9 Å². The number of sulfonamides is 1. The molecular weight excluding hydrogens is 765 g/mol. The van der Waals surface area contributed by atoms with Crippen molar-refractivity contribution in [3.8, 4) is 11.1 Å². The maximum absolute atomic E-state index is 14.1. The number of benzene rings is 1. The molecule has 5 fully saturated rings. The summed E-state index contributed by atoms with van der Waals surface area (Å²) < 4.78 is 31.9. The number of anilines is 4. The van der Waals surface area contributed by atoms with Crippen molar-refractivity contribution in [2.75, 3.05) is 42.7 Å². The number of rotatable bonds is 13. The van der Waals surface area contributed by atoms with Crippen molar-refractivity contribution >= 4 is 66.0 Å². The first-order valence-electron chi connectivity index (χ1n) is 19.5. The van der Waals surface area contributed by atoms with Crippen LogP contribution >= 0.6 is 11.3 Å². The standard InChI is InChI=1S/C40H46N10O5S2/c1-23-12-34(45-46-36(23)44-39-42-31-6-4-5-7-32(31)56-39)48(3)33-9-8-29(35(43-33)37(51)47-57(54,55)11-10-49-20-28(21-49)38(52)53)30-19-41-50(24(30)2)22-40-16-25-13-26(17-40)15-27(14-25)18-40/h4-9,12,19,25-28H,10-11,13-18,20-22H2,1-3H3,(H,47,51)(H,52,53)(H,42,44,46). The van der Waals surface area contributed by atoms with Gasteiger partial charge in [-0.15, -0.1) is 10.2 Å². The van der Waals surface area contributed by atoms with E-state index < -0.39 is 27.8 Å². The van der Waals surface area contributed by atoms with Crippen LogP contribution in [0.1, 0.15) is 60.3 Å². The Morgan fingerprint density at radius 2 is 1.68 bits per heavy atom. The van der Waals surface area contributed by atoms with Crippen LogP contribution in [0.2, 0.25) is 0 Å². The van der Waals surface area contributed by atoms with Crippen LogP contribution in [0.5, 0.6) is 0 Å². The first-order chi connectivity index (χ1) is 27.3. The third-order valence-corrected chi connectivity index (χ3v) is 14.7. The Labute approximate surface area is 335 Å². The molecule has 0 radical (unpaired) electrons. The lowest BCUT2D eigenvalue weighted by molar-refractivity contribution is -0.147. The van der Waals surface area contributed by atoms with E-state index in [0.717, 1.165) is 45.8 Å². The zero-order valence-corrected chi connectivity index (χ0v) is 33.8. The van der Waals surface area contributed by atoms with E-state index in [1.54, 1.807) is 35.2 Å². The fourth-order valence-electron chi connectivity index (χ4n) is 10.00. The molecule has 17 heteroatoms. The van der Waals surface area contributed by atoms with Crippen molar-refractivity contribution in [3.05, 3.63) is 65.6 Å². The van der Waals surface area contributed by atoms with Gasteiger partial charge >= 0.3 is 5.97 Å². The fraction of sp³-hybridized carbons (Fsp3) is 0.475. The van der Waals surface area contributed by atoms with Gasteiger partial charge in [-0.1, -0.05) is 23.5 Å². The number of amides is 1.